The predicted molar refractivity (Wildman–Crippen MR) is 128 cm³/mol. The first kappa shape index (κ1) is 23.1. The molecule has 4 aromatic carbocycles. The number of fused-ring (bicyclic) bond motifs is 2. The Morgan fingerprint density at radius 2 is 1.10 bits per heavy atom. The third kappa shape index (κ3) is 5.20. The van der Waals surface area contributed by atoms with Crippen LogP contribution < -0.4 is 6.64 Å². The number of benzene rings is 4. The molecule has 0 aliphatic heterocycles. The molecule has 0 spiro atoms. The Kier molecular flexibility index (Phi) is 7.94. The van der Waals surface area contributed by atoms with Gasteiger partial charge in [0.2, 0.25) is 0 Å². The maximum atomic E-state index is 6.48. The summed E-state index contributed by atoms with van der Waals surface area (Å²) in [6.07, 6.45) is 1.66. The molecule has 5 rings (SSSR count). The number of halogens is 2. The molecule has 1 aromatic heterocycles. The average Bonchev–Trinajstić information content (AvgIpc) is 3.27. The summed E-state index contributed by atoms with van der Waals surface area (Å²) in [5.41, 5.74) is 0. The van der Waals surface area contributed by atoms with Gasteiger partial charge in [-0.2, -0.15) is 0 Å². The third-order valence-electron chi connectivity index (χ3n) is 4.72. The van der Waals surface area contributed by atoms with Crippen molar-refractivity contribution in [3.05, 3.63) is 109 Å². The normalized spacial score (nSPS) is 10.1. The van der Waals surface area contributed by atoms with E-state index in [-0.39, 0.29) is 24.8 Å². The molecular weight excluding hydrogens is 467 g/mol. The molecule has 0 radical (unpaired) electrons. The monoisotopic (exact) mass is 486 g/mol. The fraction of sp³-hybridized carbons (Fsp3) is 0. The van der Waals surface area contributed by atoms with Crippen LogP contribution in [0.3, 0.4) is 0 Å². The van der Waals surface area contributed by atoms with Gasteiger partial charge in [0, 0.05) is 0 Å². The molecule has 0 aliphatic carbocycles. The first-order chi connectivity index (χ1) is 14.4. The Morgan fingerprint density at radius 3 is 1.61 bits per heavy atom. The topological polar surface area (TPSA) is 31.6 Å². The van der Waals surface area contributed by atoms with Crippen LogP contribution in [0, 0.1) is 0 Å². The summed E-state index contributed by atoms with van der Waals surface area (Å²) < 4.78 is 20.5. The molecule has 5 aromatic rings. The van der Waals surface area contributed by atoms with E-state index in [0.717, 1.165) is 38.8 Å². The van der Waals surface area contributed by atoms with Crippen molar-refractivity contribution in [1.29, 1.82) is 0 Å². The van der Waals surface area contributed by atoms with Gasteiger partial charge in [0.15, 0.2) is 0 Å². The molecule has 0 aliphatic rings. The summed E-state index contributed by atoms with van der Waals surface area (Å²) in [6, 6.07) is 32.4. The van der Waals surface area contributed by atoms with Crippen molar-refractivity contribution >= 4 is 50.7 Å². The Hall–Kier alpha value is -2.56. The fourth-order valence-corrected chi connectivity index (χ4v) is 5.46. The molecule has 0 saturated heterocycles. The molecule has 0 atom stereocenters. The minimum absolute atomic E-state index is 0. The van der Waals surface area contributed by atoms with Crippen LogP contribution in [0.5, 0.6) is 11.5 Å². The molecule has 31 heavy (non-hydrogen) atoms. The van der Waals surface area contributed by atoms with Crippen molar-refractivity contribution < 1.29 is 29.2 Å². The molecular formula is C25H20Cl2O3Ti. The van der Waals surface area contributed by atoms with Crippen molar-refractivity contribution in [3.8, 4) is 11.5 Å². The first-order valence-electron chi connectivity index (χ1n) is 9.43. The van der Waals surface area contributed by atoms with Crippen molar-refractivity contribution in [2.24, 2.45) is 0 Å². The van der Waals surface area contributed by atoms with Crippen molar-refractivity contribution in [3.63, 3.8) is 0 Å². The SMILES string of the molecule is Cl.Cl.[CH](c1ccco1)=[Ti]([O]c1cccc2ccccc12)[O]c1cccc2ccccc12. The van der Waals surface area contributed by atoms with Crippen LogP contribution in [0.4, 0.5) is 0 Å². The molecule has 3 nitrogen and oxygen atoms in total. The van der Waals surface area contributed by atoms with E-state index in [4.69, 9.17) is 11.1 Å². The zero-order valence-corrected chi connectivity index (χ0v) is 19.6. The van der Waals surface area contributed by atoms with Crippen LogP contribution in [0.25, 0.3) is 21.5 Å². The number of rotatable bonds is 5. The Balaban J connectivity index is 0.00000136. The molecule has 0 bridgehead atoms. The first-order valence-corrected chi connectivity index (χ1v) is 11.6. The van der Waals surface area contributed by atoms with Crippen LogP contribution in [-0.2, 0) is 18.2 Å². The van der Waals surface area contributed by atoms with Crippen molar-refractivity contribution in [2.75, 3.05) is 0 Å². The summed E-state index contributed by atoms with van der Waals surface area (Å²) in [4.78, 5) is 0. The van der Waals surface area contributed by atoms with E-state index in [1.54, 1.807) is 6.26 Å². The van der Waals surface area contributed by atoms with E-state index < -0.39 is 18.2 Å². The Bertz CT molecular complexity index is 1220. The minimum atomic E-state index is -2.65. The molecule has 0 saturated carbocycles. The third-order valence-corrected chi connectivity index (χ3v) is 6.85. The van der Waals surface area contributed by atoms with Crippen molar-refractivity contribution in [1.82, 2.24) is 0 Å². The second kappa shape index (κ2) is 10.7. The fourth-order valence-electron chi connectivity index (χ4n) is 3.36. The van der Waals surface area contributed by atoms with E-state index in [1.165, 1.54) is 0 Å². The van der Waals surface area contributed by atoms with Crippen LogP contribution in [0.15, 0.2) is 108 Å². The van der Waals surface area contributed by atoms with Gasteiger partial charge in [0.1, 0.15) is 0 Å². The summed E-state index contributed by atoms with van der Waals surface area (Å²) >= 11 is -2.65. The summed E-state index contributed by atoms with van der Waals surface area (Å²) in [7, 11) is 0. The van der Waals surface area contributed by atoms with E-state index >= 15 is 0 Å². The molecule has 1 heterocycles. The molecule has 156 valence electrons. The van der Waals surface area contributed by atoms with Gasteiger partial charge in [-0.05, 0) is 0 Å². The van der Waals surface area contributed by atoms with E-state index in [0.29, 0.717) is 0 Å². The molecule has 6 heteroatoms. The van der Waals surface area contributed by atoms with Gasteiger partial charge >= 0.3 is 176 Å². The van der Waals surface area contributed by atoms with Crippen molar-refractivity contribution in [2.45, 2.75) is 0 Å². The van der Waals surface area contributed by atoms with Gasteiger partial charge in [-0.1, -0.05) is 0 Å². The summed E-state index contributed by atoms with van der Waals surface area (Å²) in [5, 5.41) is 4.44. The average molecular weight is 487 g/mol. The second-order valence-electron chi connectivity index (χ2n) is 6.64. The summed E-state index contributed by atoms with van der Waals surface area (Å²) in [6.45, 7) is 0. The van der Waals surface area contributed by atoms with Crippen LogP contribution in [-0.4, -0.2) is 4.31 Å². The predicted octanol–water partition coefficient (Wildman–Crippen LogP) is 7.19. The van der Waals surface area contributed by atoms with Gasteiger partial charge in [-0.15, -0.1) is 24.8 Å². The number of hydrogen-bond acceptors (Lipinski definition) is 3. The van der Waals surface area contributed by atoms with E-state index in [2.05, 4.69) is 36.4 Å². The number of hydrogen-bond donors (Lipinski definition) is 0. The maximum absolute atomic E-state index is 6.48. The zero-order valence-electron chi connectivity index (χ0n) is 16.4. The van der Waals surface area contributed by atoms with Crippen LogP contribution in [0.2, 0.25) is 0 Å². The van der Waals surface area contributed by atoms with E-state index in [9.17, 15) is 0 Å². The van der Waals surface area contributed by atoms with Gasteiger partial charge in [-0.25, -0.2) is 0 Å². The Morgan fingerprint density at radius 1 is 0.581 bits per heavy atom. The quantitative estimate of drug-likeness (QED) is 0.246. The van der Waals surface area contributed by atoms with E-state index in [1.807, 2.05) is 65.0 Å². The Labute approximate surface area is 199 Å². The molecule has 0 fully saturated rings. The van der Waals surface area contributed by atoms with Gasteiger partial charge in [0.25, 0.3) is 0 Å². The van der Waals surface area contributed by atoms with Gasteiger partial charge < -0.3 is 0 Å². The second-order valence-corrected chi connectivity index (χ2v) is 8.72. The molecule has 0 unspecified atom stereocenters. The number of furan rings is 1. The van der Waals surface area contributed by atoms with Gasteiger partial charge in [0.05, 0.1) is 0 Å². The zero-order chi connectivity index (χ0) is 19.5. The molecule has 0 N–H and O–H groups in total. The standard InChI is InChI=1S/2C10H8O.C5H4O.2ClH.Ti/c2*11-10-7-3-5-8-4-1-2-6-9(8)10;1-5-3-2-4-6-5;;;/h2*1-7,11H;1-4H;2*1H;/q;;;;;+2/p-2. The van der Waals surface area contributed by atoms with Crippen LogP contribution >= 0.6 is 24.8 Å². The molecule has 0 amide bonds. The van der Waals surface area contributed by atoms with Gasteiger partial charge in [-0.3, -0.25) is 0 Å². The van der Waals surface area contributed by atoms with Crippen LogP contribution in [0.1, 0.15) is 5.76 Å². The summed E-state index contributed by atoms with van der Waals surface area (Å²) in [5.74, 6) is 2.43.